The van der Waals surface area contributed by atoms with Crippen molar-refractivity contribution >= 4 is 35.4 Å². The van der Waals surface area contributed by atoms with Gasteiger partial charge in [-0.3, -0.25) is 5.32 Å². The number of hydrogen-bond acceptors (Lipinski definition) is 8. The molecule has 0 saturated heterocycles. The summed E-state index contributed by atoms with van der Waals surface area (Å²) in [6, 6.07) is 5.27. The highest BCUT2D eigenvalue weighted by atomic mass is 32.2. The van der Waals surface area contributed by atoms with Gasteiger partial charge in [-0.25, -0.2) is 27.5 Å². The average Bonchev–Trinajstić information content (AvgIpc) is 2.58. The quantitative estimate of drug-likeness (QED) is 0.388. The molecule has 0 saturated carbocycles. The number of methoxy groups -OCH3 is 1. The summed E-state index contributed by atoms with van der Waals surface area (Å²) in [5, 5.41) is 5.39. The van der Waals surface area contributed by atoms with Crippen LogP contribution >= 0.6 is 7.75 Å². The van der Waals surface area contributed by atoms with Crippen LogP contribution in [0, 0.1) is 6.92 Å². The summed E-state index contributed by atoms with van der Waals surface area (Å²) >= 11 is 0. The van der Waals surface area contributed by atoms with Crippen LogP contribution < -0.4 is 14.8 Å². The van der Waals surface area contributed by atoms with Crippen molar-refractivity contribution in [2.75, 3.05) is 12.4 Å². The van der Waals surface area contributed by atoms with Gasteiger partial charge in [0, 0.05) is 11.8 Å². The third-order valence-corrected chi connectivity index (χ3v) is 4.62. The first-order chi connectivity index (χ1) is 13.0. The first kappa shape index (κ1) is 21.4. The molecule has 2 rings (SSSR count). The number of rotatable bonds is 6. The Bertz CT molecular complexity index is 1070. The highest BCUT2D eigenvalue weighted by Gasteiger charge is 2.22. The molecular weight excluding hydrogens is 415 g/mol. The molecule has 1 aromatic heterocycles. The van der Waals surface area contributed by atoms with Crippen molar-refractivity contribution in [2.45, 2.75) is 11.8 Å². The second-order valence-electron chi connectivity index (χ2n) is 5.11. The van der Waals surface area contributed by atoms with Gasteiger partial charge in [0.2, 0.25) is 11.8 Å². The molecule has 28 heavy (non-hydrogen) atoms. The first-order valence-electron chi connectivity index (χ1n) is 7.31. The standard InChI is InChI=1S/C13H15N6O7PS/c1-8-7-11(26-2)15-12(14-8)16-13(20)18-28(24,25)10-6-4-3-5-9(10)17-19-27(21,22)23/h3-7H,1-2H3,(H2,21,22,23)(H2,14,15,16,18,20). The first-order valence-corrected chi connectivity index (χ1v) is 10.4. The number of carbonyl (C=O) groups excluding carboxylic acids is 1. The number of nitrogens with one attached hydrogen (secondary N) is 2. The monoisotopic (exact) mass is 430 g/mol. The maximum atomic E-state index is 12.4. The van der Waals surface area contributed by atoms with Crippen LogP contribution in [0.25, 0.3) is 0 Å². The van der Waals surface area contributed by atoms with E-state index in [0.717, 1.165) is 12.1 Å². The summed E-state index contributed by atoms with van der Waals surface area (Å²) in [5.74, 6) is -0.0344. The minimum Gasteiger partial charge on any atom is -0.481 e. The van der Waals surface area contributed by atoms with Gasteiger partial charge in [0.25, 0.3) is 10.0 Å². The maximum Gasteiger partial charge on any atom is 0.466 e. The fourth-order valence-electron chi connectivity index (χ4n) is 1.88. The van der Waals surface area contributed by atoms with Crippen molar-refractivity contribution in [1.29, 1.82) is 0 Å². The summed E-state index contributed by atoms with van der Waals surface area (Å²) in [7, 11) is -7.95. The number of benzene rings is 1. The Labute approximate surface area is 159 Å². The van der Waals surface area contributed by atoms with E-state index in [1.807, 2.05) is 0 Å². The molecule has 0 atom stereocenters. The van der Waals surface area contributed by atoms with Crippen LogP contribution in [0.2, 0.25) is 0 Å². The van der Waals surface area contributed by atoms with Crippen molar-refractivity contribution in [3.05, 3.63) is 36.0 Å². The Balaban J connectivity index is 2.24. The van der Waals surface area contributed by atoms with Gasteiger partial charge in [0.1, 0.15) is 10.6 Å². The molecule has 2 aromatic rings. The van der Waals surface area contributed by atoms with E-state index in [2.05, 4.69) is 25.3 Å². The predicted octanol–water partition coefficient (Wildman–Crippen LogP) is 1.48. The molecule has 4 N–H and O–H groups in total. The maximum absolute atomic E-state index is 12.4. The summed E-state index contributed by atoms with van der Waals surface area (Å²) in [6.45, 7) is 1.62. The van der Waals surface area contributed by atoms with Crippen molar-refractivity contribution in [3.63, 3.8) is 0 Å². The molecular formula is C13H15N6O7PS. The number of amides is 2. The number of nitrogens with zero attached hydrogens (tertiary/aromatic N) is 4. The number of carbonyl (C=O) groups is 1. The van der Waals surface area contributed by atoms with Crippen LogP contribution in [-0.4, -0.2) is 41.3 Å². The van der Waals surface area contributed by atoms with Gasteiger partial charge >= 0.3 is 13.8 Å². The Kier molecular flexibility index (Phi) is 6.41. The van der Waals surface area contributed by atoms with E-state index in [0.29, 0.717) is 5.69 Å². The molecule has 0 spiro atoms. The number of sulfonamides is 1. The van der Waals surface area contributed by atoms with Gasteiger partial charge in [0.15, 0.2) is 0 Å². The molecule has 2 amide bonds. The van der Waals surface area contributed by atoms with E-state index in [1.165, 1.54) is 25.3 Å². The second kappa shape index (κ2) is 8.39. The number of ether oxygens (including phenoxy) is 1. The van der Waals surface area contributed by atoms with Crippen molar-refractivity contribution in [1.82, 2.24) is 14.7 Å². The highest BCUT2D eigenvalue weighted by molar-refractivity contribution is 7.90. The molecule has 0 aliphatic carbocycles. The molecule has 0 bridgehead atoms. The van der Waals surface area contributed by atoms with E-state index in [4.69, 9.17) is 14.5 Å². The Morgan fingerprint density at radius 3 is 2.57 bits per heavy atom. The molecule has 0 fully saturated rings. The molecule has 0 radical (unpaired) electrons. The van der Waals surface area contributed by atoms with Crippen molar-refractivity contribution in [2.24, 2.45) is 10.00 Å². The number of aromatic nitrogens is 2. The van der Waals surface area contributed by atoms with Gasteiger partial charge in [-0.2, -0.15) is 4.98 Å². The number of aryl methyl sites for hydroxylation is 1. The van der Waals surface area contributed by atoms with E-state index >= 15 is 0 Å². The zero-order valence-electron chi connectivity index (χ0n) is 14.5. The number of hydrogen-bond donors (Lipinski definition) is 4. The summed E-state index contributed by atoms with van der Waals surface area (Å²) in [6.07, 6.45) is 0. The smallest absolute Gasteiger partial charge is 0.466 e. The highest BCUT2D eigenvalue weighted by Crippen LogP contribution is 2.38. The second-order valence-corrected chi connectivity index (χ2v) is 7.96. The minimum atomic E-state index is -4.85. The van der Waals surface area contributed by atoms with Crippen molar-refractivity contribution in [3.8, 4) is 5.88 Å². The Morgan fingerprint density at radius 1 is 1.25 bits per heavy atom. The predicted molar refractivity (Wildman–Crippen MR) is 95.7 cm³/mol. The fourth-order valence-corrected chi connectivity index (χ4v) is 3.14. The van der Waals surface area contributed by atoms with Gasteiger partial charge in [0.05, 0.1) is 7.11 Å². The van der Waals surface area contributed by atoms with Crippen LogP contribution in [0.1, 0.15) is 5.69 Å². The zero-order chi connectivity index (χ0) is 20.9. The largest absolute Gasteiger partial charge is 0.481 e. The SMILES string of the molecule is COc1cc(C)nc(NC(=O)NS(=O)(=O)c2ccccc2N=NP(=O)(O)O)n1. The van der Waals surface area contributed by atoms with Crippen LogP contribution in [0.4, 0.5) is 16.4 Å². The zero-order valence-corrected chi connectivity index (χ0v) is 16.2. The fraction of sp³-hybridized carbons (Fsp3) is 0.154. The van der Waals surface area contributed by atoms with Crippen LogP contribution in [0.5, 0.6) is 5.88 Å². The lowest BCUT2D eigenvalue weighted by Gasteiger charge is -2.10. The van der Waals surface area contributed by atoms with Gasteiger partial charge in [-0.1, -0.05) is 17.0 Å². The van der Waals surface area contributed by atoms with E-state index in [1.54, 1.807) is 11.6 Å². The van der Waals surface area contributed by atoms with Crippen molar-refractivity contribution < 1.29 is 32.3 Å². The van der Waals surface area contributed by atoms with Crippen LogP contribution in [0.15, 0.2) is 45.2 Å². The summed E-state index contributed by atoms with van der Waals surface area (Å²) < 4.78 is 42.3. The molecule has 1 aromatic carbocycles. The molecule has 150 valence electrons. The van der Waals surface area contributed by atoms with Crippen LogP contribution in [0.3, 0.4) is 0 Å². The van der Waals surface area contributed by atoms with E-state index in [9.17, 15) is 17.8 Å². The lowest BCUT2D eigenvalue weighted by Crippen LogP contribution is -2.35. The lowest BCUT2D eigenvalue weighted by molar-refractivity contribution is 0.256. The topological polar surface area (TPSA) is 193 Å². The van der Waals surface area contributed by atoms with E-state index in [-0.39, 0.29) is 17.5 Å². The van der Waals surface area contributed by atoms with Gasteiger partial charge in [-0.05, 0) is 19.1 Å². The molecule has 13 nitrogen and oxygen atoms in total. The normalized spacial score (nSPS) is 12.0. The summed E-state index contributed by atoms with van der Waals surface area (Å²) in [4.78, 5) is 39.5. The molecule has 0 aliphatic heterocycles. The number of urea groups is 1. The van der Waals surface area contributed by atoms with Gasteiger partial charge < -0.3 is 14.5 Å². The number of anilines is 1. The average molecular weight is 430 g/mol. The molecule has 1 heterocycles. The third kappa shape index (κ3) is 6.06. The minimum absolute atomic E-state index is 0.161. The lowest BCUT2D eigenvalue weighted by atomic mass is 10.3. The Hall–Kier alpha value is -2.93. The van der Waals surface area contributed by atoms with Crippen LogP contribution in [-0.2, 0) is 14.6 Å². The molecule has 0 aliphatic rings. The van der Waals surface area contributed by atoms with Gasteiger partial charge in [-0.15, -0.1) is 5.11 Å². The van der Waals surface area contributed by atoms with E-state index < -0.39 is 28.7 Å². The third-order valence-electron chi connectivity index (χ3n) is 2.92. The Morgan fingerprint density at radius 2 is 1.93 bits per heavy atom. The molecule has 0 unspecified atom stereocenters. The summed E-state index contributed by atoms with van der Waals surface area (Å²) in [5.41, 5.74) is 0.0906. The molecule has 15 heteroatoms.